The minimum absolute atomic E-state index is 0.0731. The van der Waals surface area contributed by atoms with Gasteiger partial charge in [-0.25, -0.2) is 10.5 Å². The quantitative estimate of drug-likeness (QED) is 0.469. The standard InChI is InChI=1S/C3H4N4O/c4-7-3-5-1-2(8)6-3/h1,4,8H,(H,5,6). The molecule has 3 N–H and O–H groups in total. The number of aromatic nitrogens is 2. The highest BCUT2D eigenvalue weighted by atomic mass is 16.3. The summed E-state index contributed by atoms with van der Waals surface area (Å²) in [4.78, 5) is 5.79. The van der Waals surface area contributed by atoms with Crippen molar-refractivity contribution in [2.45, 2.75) is 0 Å². The molecule has 0 radical (unpaired) electrons. The molecule has 1 rings (SSSR count). The van der Waals surface area contributed by atoms with E-state index in [4.69, 9.17) is 10.6 Å². The molecule has 0 bridgehead atoms. The summed E-state index contributed by atoms with van der Waals surface area (Å²) in [6, 6.07) is 0. The Kier molecular flexibility index (Phi) is 0.957. The first-order valence-corrected chi connectivity index (χ1v) is 1.94. The number of aromatic hydroxyl groups is 1. The van der Waals surface area contributed by atoms with Crippen LogP contribution in [0.4, 0.5) is 5.95 Å². The van der Waals surface area contributed by atoms with Crippen LogP contribution >= 0.6 is 0 Å². The Bertz CT molecular complexity index is 193. The van der Waals surface area contributed by atoms with Gasteiger partial charge in [0, 0.05) is 0 Å². The van der Waals surface area contributed by atoms with E-state index in [1.54, 1.807) is 0 Å². The van der Waals surface area contributed by atoms with Crippen LogP contribution in [-0.4, -0.2) is 15.1 Å². The Morgan fingerprint density at radius 2 is 2.62 bits per heavy atom. The molecule has 0 atom stereocenters. The lowest BCUT2D eigenvalue weighted by Gasteiger charge is -1.74. The molecule has 8 heavy (non-hydrogen) atoms. The molecule has 1 aromatic rings. The van der Waals surface area contributed by atoms with Crippen molar-refractivity contribution in [2.24, 2.45) is 5.11 Å². The lowest BCUT2D eigenvalue weighted by molar-refractivity contribution is 0.456. The Morgan fingerprint density at radius 3 is 2.88 bits per heavy atom. The fourth-order valence-corrected chi connectivity index (χ4v) is 0.358. The van der Waals surface area contributed by atoms with Crippen LogP contribution in [0, 0.1) is 5.53 Å². The first kappa shape index (κ1) is 4.76. The van der Waals surface area contributed by atoms with Crippen molar-refractivity contribution in [1.82, 2.24) is 9.97 Å². The lowest BCUT2D eigenvalue weighted by atomic mass is 10.9. The maximum atomic E-state index is 8.52. The maximum absolute atomic E-state index is 8.52. The van der Waals surface area contributed by atoms with Gasteiger partial charge in [0.25, 0.3) is 0 Å². The van der Waals surface area contributed by atoms with Crippen molar-refractivity contribution in [1.29, 1.82) is 5.53 Å². The van der Waals surface area contributed by atoms with Crippen molar-refractivity contribution in [3.05, 3.63) is 6.20 Å². The SMILES string of the molecule is N=Nc1ncc(O)[nH]1. The van der Waals surface area contributed by atoms with Gasteiger partial charge in [-0.2, -0.15) is 0 Å². The topological polar surface area (TPSA) is 85.1 Å². The fourth-order valence-electron chi connectivity index (χ4n) is 0.358. The second-order valence-corrected chi connectivity index (χ2v) is 1.20. The summed E-state index contributed by atoms with van der Waals surface area (Å²) in [6.45, 7) is 0. The van der Waals surface area contributed by atoms with Gasteiger partial charge in [0.05, 0.1) is 6.20 Å². The molecule has 5 heteroatoms. The molecule has 0 aromatic carbocycles. The van der Waals surface area contributed by atoms with E-state index in [1.807, 2.05) is 0 Å². The second-order valence-electron chi connectivity index (χ2n) is 1.20. The van der Waals surface area contributed by atoms with Gasteiger partial charge in [-0.15, -0.1) is 5.11 Å². The zero-order valence-corrected chi connectivity index (χ0v) is 3.92. The summed E-state index contributed by atoms with van der Waals surface area (Å²) in [5, 5.41) is 11.4. The van der Waals surface area contributed by atoms with E-state index < -0.39 is 0 Å². The van der Waals surface area contributed by atoms with Crippen LogP contribution in [-0.2, 0) is 0 Å². The van der Waals surface area contributed by atoms with Crippen LogP contribution in [0.15, 0.2) is 11.3 Å². The molecule has 0 spiro atoms. The largest absolute Gasteiger partial charge is 0.493 e. The van der Waals surface area contributed by atoms with Gasteiger partial charge >= 0.3 is 0 Å². The molecule has 42 valence electrons. The summed E-state index contributed by atoms with van der Waals surface area (Å²) in [5.74, 6) is 0.0403. The Labute approximate surface area is 44.9 Å². The second kappa shape index (κ2) is 1.61. The van der Waals surface area contributed by atoms with Crippen molar-refractivity contribution in [3.63, 3.8) is 0 Å². The minimum atomic E-state index is -0.0731. The van der Waals surface area contributed by atoms with Gasteiger partial charge in [-0.3, -0.25) is 4.98 Å². The van der Waals surface area contributed by atoms with E-state index in [0.29, 0.717) is 0 Å². The van der Waals surface area contributed by atoms with Crippen LogP contribution in [0.25, 0.3) is 0 Å². The van der Waals surface area contributed by atoms with E-state index in [-0.39, 0.29) is 11.8 Å². The number of H-pyrrole nitrogens is 1. The monoisotopic (exact) mass is 112 g/mol. The molecular formula is C3H4N4O. The van der Waals surface area contributed by atoms with Gasteiger partial charge in [0.2, 0.25) is 11.8 Å². The maximum Gasteiger partial charge on any atom is 0.248 e. The van der Waals surface area contributed by atoms with E-state index in [0.717, 1.165) is 0 Å². The summed E-state index contributed by atoms with van der Waals surface area (Å²) < 4.78 is 0. The van der Waals surface area contributed by atoms with Crippen molar-refractivity contribution >= 4 is 5.95 Å². The van der Waals surface area contributed by atoms with Crippen LogP contribution in [0.1, 0.15) is 0 Å². The third-order valence-corrected chi connectivity index (χ3v) is 0.655. The Balaban J connectivity index is 3.00. The first-order chi connectivity index (χ1) is 3.83. The molecule has 1 aromatic heterocycles. The molecule has 0 aliphatic rings. The molecule has 0 aliphatic carbocycles. The molecule has 0 aliphatic heterocycles. The predicted molar refractivity (Wildman–Crippen MR) is 25.1 cm³/mol. The third-order valence-electron chi connectivity index (χ3n) is 0.655. The number of nitrogens with zero attached hydrogens (tertiary/aromatic N) is 2. The third kappa shape index (κ3) is 0.651. The van der Waals surface area contributed by atoms with Gasteiger partial charge in [-0.1, -0.05) is 0 Å². The summed E-state index contributed by atoms with van der Waals surface area (Å²) >= 11 is 0. The Morgan fingerprint density at radius 1 is 1.88 bits per heavy atom. The molecule has 0 fully saturated rings. The smallest absolute Gasteiger partial charge is 0.248 e. The summed E-state index contributed by atoms with van der Waals surface area (Å²) in [6.07, 6.45) is 1.19. The summed E-state index contributed by atoms with van der Waals surface area (Å²) in [5.41, 5.74) is 6.38. The first-order valence-electron chi connectivity index (χ1n) is 1.94. The number of imidazole rings is 1. The van der Waals surface area contributed by atoms with Crippen LogP contribution in [0.2, 0.25) is 0 Å². The average molecular weight is 112 g/mol. The lowest BCUT2D eigenvalue weighted by Crippen LogP contribution is -1.59. The van der Waals surface area contributed by atoms with Gasteiger partial charge < -0.3 is 5.11 Å². The van der Waals surface area contributed by atoms with E-state index in [2.05, 4.69) is 15.1 Å². The molecule has 5 nitrogen and oxygen atoms in total. The molecular weight excluding hydrogens is 108 g/mol. The van der Waals surface area contributed by atoms with Crippen molar-refractivity contribution < 1.29 is 5.11 Å². The minimum Gasteiger partial charge on any atom is -0.493 e. The van der Waals surface area contributed by atoms with E-state index >= 15 is 0 Å². The molecule has 0 unspecified atom stereocenters. The van der Waals surface area contributed by atoms with Crippen molar-refractivity contribution in [3.8, 4) is 5.88 Å². The van der Waals surface area contributed by atoms with Crippen molar-refractivity contribution in [2.75, 3.05) is 0 Å². The number of aromatic amines is 1. The van der Waals surface area contributed by atoms with Crippen LogP contribution < -0.4 is 0 Å². The summed E-state index contributed by atoms with van der Waals surface area (Å²) in [7, 11) is 0. The van der Waals surface area contributed by atoms with Gasteiger partial charge in [0.15, 0.2) is 0 Å². The molecule has 0 amide bonds. The number of hydrogen-bond donors (Lipinski definition) is 3. The van der Waals surface area contributed by atoms with Gasteiger partial charge in [-0.05, 0) is 0 Å². The zero-order valence-electron chi connectivity index (χ0n) is 3.92. The molecule has 0 saturated heterocycles. The fraction of sp³-hybridized carbons (Fsp3) is 0. The van der Waals surface area contributed by atoms with E-state index in [1.165, 1.54) is 6.20 Å². The Hall–Kier alpha value is -1.39. The predicted octanol–water partition coefficient (Wildman–Crippen LogP) is 0.778. The van der Waals surface area contributed by atoms with Crippen LogP contribution in [0.5, 0.6) is 5.88 Å². The number of hydrogen-bond acceptors (Lipinski definition) is 4. The van der Waals surface area contributed by atoms with E-state index in [9.17, 15) is 0 Å². The highest BCUT2D eigenvalue weighted by Gasteiger charge is 1.91. The molecule has 1 heterocycles. The average Bonchev–Trinajstić information content (AvgIpc) is 2.14. The highest BCUT2D eigenvalue weighted by molar-refractivity contribution is 5.18. The zero-order chi connectivity index (χ0) is 5.98. The molecule has 0 saturated carbocycles. The number of nitrogens with one attached hydrogen (secondary N) is 2. The number of rotatable bonds is 1. The van der Waals surface area contributed by atoms with Gasteiger partial charge in [0.1, 0.15) is 0 Å². The van der Waals surface area contributed by atoms with Crippen LogP contribution in [0.3, 0.4) is 0 Å². The normalized spacial score (nSPS) is 9.00. The highest BCUT2D eigenvalue weighted by Crippen LogP contribution is 2.08.